The van der Waals surface area contributed by atoms with Crippen molar-refractivity contribution in [3.63, 3.8) is 0 Å². The van der Waals surface area contributed by atoms with E-state index in [9.17, 15) is 5.26 Å². The number of fused-ring (bicyclic) bond motifs is 1. The molecule has 0 aliphatic rings. The van der Waals surface area contributed by atoms with Gasteiger partial charge in [-0.3, -0.25) is 0 Å². The Morgan fingerprint density at radius 1 is 1.20 bits per heavy atom. The van der Waals surface area contributed by atoms with E-state index in [0.717, 1.165) is 26.6 Å². The van der Waals surface area contributed by atoms with Crippen LogP contribution in [-0.4, -0.2) is 9.97 Å². The lowest BCUT2D eigenvalue weighted by atomic mass is 10.1. The second kappa shape index (κ2) is 5.03. The molecule has 0 amide bonds. The van der Waals surface area contributed by atoms with Crippen LogP contribution in [0.3, 0.4) is 0 Å². The van der Waals surface area contributed by atoms with Crippen LogP contribution in [0.1, 0.15) is 16.7 Å². The second-order valence-electron chi connectivity index (χ2n) is 4.73. The van der Waals surface area contributed by atoms with E-state index in [4.69, 9.17) is 0 Å². The molecule has 1 N–H and O–H groups in total. The van der Waals surface area contributed by atoms with Crippen molar-refractivity contribution in [2.45, 2.75) is 23.9 Å². The highest BCUT2D eigenvalue weighted by atomic mass is 32.2. The average molecular weight is 279 g/mol. The van der Waals surface area contributed by atoms with E-state index in [1.807, 2.05) is 37.3 Å². The minimum absolute atomic E-state index is 0.687. The van der Waals surface area contributed by atoms with Crippen molar-refractivity contribution in [2.24, 2.45) is 0 Å². The van der Waals surface area contributed by atoms with Crippen LogP contribution in [0.15, 0.2) is 46.5 Å². The fraction of sp³-hybridized carbons (Fsp3) is 0.125. The Kier molecular flexibility index (Phi) is 3.21. The van der Waals surface area contributed by atoms with Gasteiger partial charge in [-0.15, -0.1) is 0 Å². The van der Waals surface area contributed by atoms with Gasteiger partial charge in [0.2, 0.25) is 0 Å². The van der Waals surface area contributed by atoms with E-state index < -0.39 is 0 Å². The molecule has 0 aliphatic carbocycles. The Balaban J connectivity index is 2.04. The first-order valence-electron chi connectivity index (χ1n) is 6.31. The zero-order valence-corrected chi connectivity index (χ0v) is 12.1. The van der Waals surface area contributed by atoms with Gasteiger partial charge in [0.25, 0.3) is 0 Å². The predicted octanol–water partition coefficient (Wildman–Crippen LogP) is 4.20. The molecule has 0 aliphatic heterocycles. The molecule has 0 atom stereocenters. The minimum Gasteiger partial charge on any atom is -0.333 e. The summed E-state index contributed by atoms with van der Waals surface area (Å²) < 4.78 is 0. The molecule has 0 saturated heterocycles. The van der Waals surface area contributed by atoms with Gasteiger partial charge in [0.05, 0.1) is 16.6 Å². The Bertz CT molecular complexity index is 827. The molecule has 0 saturated carbocycles. The van der Waals surface area contributed by atoms with Crippen molar-refractivity contribution < 1.29 is 0 Å². The summed E-state index contributed by atoms with van der Waals surface area (Å²) in [7, 11) is 0. The number of H-pyrrole nitrogens is 1. The van der Waals surface area contributed by atoms with Crippen LogP contribution in [0.25, 0.3) is 11.0 Å². The highest BCUT2D eigenvalue weighted by molar-refractivity contribution is 7.99. The largest absolute Gasteiger partial charge is 0.333 e. The first-order chi connectivity index (χ1) is 9.67. The predicted molar refractivity (Wildman–Crippen MR) is 80.8 cm³/mol. The standard InChI is InChI=1S/C16H13N3S/c1-10-6-7-13-14(8-10)19-16(18-13)20-15-11(2)4-3-5-12(15)9-17/h3-8H,1-2H3,(H,18,19). The highest BCUT2D eigenvalue weighted by Gasteiger charge is 2.10. The van der Waals surface area contributed by atoms with Crippen molar-refractivity contribution in [1.82, 2.24) is 9.97 Å². The smallest absolute Gasteiger partial charge is 0.171 e. The van der Waals surface area contributed by atoms with E-state index in [1.165, 1.54) is 17.3 Å². The van der Waals surface area contributed by atoms with Crippen LogP contribution in [0.5, 0.6) is 0 Å². The quantitative estimate of drug-likeness (QED) is 0.764. The number of aromatic amines is 1. The molecule has 0 fully saturated rings. The van der Waals surface area contributed by atoms with Crippen LogP contribution < -0.4 is 0 Å². The Labute approximate surface area is 121 Å². The summed E-state index contributed by atoms with van der Waals surface area (Å²) in [5, 5.41) is 10.0. The van der Waals surface area contributed by atoms with Gasteiger partial charge in [0.1, 0.15) is 6.07 Å². The van der Waals surface area contributed by atoms with Gasteiger partial charge in [-0.2, -0.15) is 5.26 Å². The molecule has 2 aromatic carbocycles. The highest BCUT2D eigenvalue weighted by Crippen LogP contribution is 2.32. The fourth-order valence-corrected chi connectivity index (χ4v) is 3.07. The number of nitrogens with one attached hydrogen (secondary N) is 1. The number of imidazole rings is 1. The van der Waals surface area contributed by atoms with Gasteiger partial charge < -0.3 is 4.98 Å². The lowest BCUT2D eigenvalue weighted by Crippen LogP contribution is -1.86. The zero-order valence-electron chi connectivity index (χ0n) is 11.3. The van der Waals surface area contributed by atoms with Gasteiger partial charge in [0.15, 0.2) is 5.16 Å². The molecular formula is C16H13N3S. The third-order valence-corrected chi connectivity index (χ3v) is 4.28. The average Bonchev–Trinajstić information content (AvgIpc) is 2.82. The molecule has 4 heteroatoms. The summed E-state index contributed by atoms with van der Waals surface area (Å²) in [5.74, 6) is 0. The molecule has 1 heterocycles. The molecule has 0 spiro atoms. The molecule has 3 nitrogen and oxygen atoms in total. The Morgan fingerprint density at radius 3 is 2.85 bits per heavy atom. The third-order valence-electron chi connectivity index (χ3n) is 3.15. The molecule has 3 aromatic rings. The molecule has 0 radical (unpaired) electrons. The molecule has 98 valence electrons. The summed E-state index contributed by atoms with van der Waals surface area (Å²) in [4.78, 5) is 8.83. The zero-order chi connectivity index (χ0) is 14.1. The van der Waals surface area contributed by atoms with Crippen LogP contribution in [0.2, 0.25) is 0 Å². The number of aryl methyl sites for hydroxylation is 2. The normalized spacial score (nSPS) is 10.7. The molecule has 0 unspecified atom stereocenters. The molecule has 20 heavy (non-hydrogen) atoms. The Hall–Kier alpha value is -2.25. The SMILES string of the molecule is Cc1ccc2nc(Sc3c(C)cccc3C#N)[nH]c2c1. The summed E-state index contributed by atoms with van der Waals surface area (Å²) in [5.41, 5.74) is 4.95. The van der Waals surface area contributed by atoms with Gasteiger partial charge in [0, 0.05) is 4.90 Å². The number of hydrogen-bond donors (Lipinski definition) is 1. The summed E-state index contributed by atoms with van der Waals surface area (Å²) in [6, 6.07) is 14.1. The summed E-state index contributed by atoms with van der Waals surface area (Å²) in [6.45, 7) is 4.07. The molecule has 0 bridgehead atoms. The van der Waals surface area contributed by atoms with Crippen LogP contribution >= 0.6 is 11.8 Å². The van der Waals surface area contributed by atoms with Crippen molar-refractivity contribution in [2.75, 3.05) is 0 Å². The van der Waals surface area contributed by atoms with Gasteiger partial charge in [-0.25, -0.2) is 4.98 Å². The van der Waals surface area contributed by atoms with Crippen molar-refractivity contribution >= 4 is 22.8 Å². The number of hydrogen-bond acceptors (Lipinski definition) is 3. The fourth-order valence-electron chi connectivity index (χ4n) is 2.12. The van der Waals surface area contributed by atoms with Crippen LogP contribution in [0, 0.1) is 25.2 Å². The van der Waals surface area contributed by atoms with Crippen molar-refractivity contribution in [3.05, 3.63) is 53.1 Å². The van der Waals surface area contributed by atoms with E-state index in [0.29, 0.717) is 5.56 Å². The van der Waals surface area contributed by atoms with E-state index in [2.05, 4.69) is 29.0 Å². The maximum absolute atomic E-state index is 9.20. The lowest BCUT2D eigenvalue weighted by molar-refractivity contribution is 1.07. The van der Waals surface area contributed by atoms with Gasteiger partial charge in [-0.05, 0) is 43.2 Å². The number of nitriles is 1. The van der Waals surface area contributed by atoms with Gasteiger partial charge in [-0.1, -0.05) is 30.0 Å². The van der Waals surface area contributed by atoms with Crippen LogP contribution in [0.4, 0.5) is 0 Å². The first-order valence-corrected chi connectivity index (χ1v) is 7.13. The molecule has 3 rings (SSSR count). The molecule has 1 aromatic heterocycles. The van der Waals surface area contributed by atoms with E-state index >= 15 is 0 Å². The first kappa shape index (κ1) is 12.8. The third kappa shape index (κ3) is 2.28. The van der Waals surface area contributed by atoms with Crippen molar-refractivity contribution in [1.29, 1.82) is 5.26 Å². The van der Waals surface area contributed by atoms with Crippen molar-refractivity contribution in [3.8, 4) is 6.07 Å². The summed E-state index contributed by atoms with van der Waals surface area (Å²) in [6.07, 6.45) is 0. The number of nitrogens with zero attached hydrogens (tertiary/aromatic N) is 2. The Morgan fingerprint density at radius 2 is 2.05 bits per heavy atom. The van der Waals surface area contributed by atoms with Gasteiger partial charge >= 0.3 is 0 Å². The maximum atomic E-state index is 9.20. The number of benzene rings is 2. The maximum Gasteiger partial charge on any atom is 0.171 e. The lowest BCUT2D eigenvalue weighted by Gasteiger charge is -2.04. The van der Waals surface area contributed by atoms with E-state index in [1.54, 1.807) is 0 Å². The number of rotatable bonds is 2. The van der Waals surface area contributed by atoms with E-state index in [-0.39, 0.29) is 0 Å². The number of aromatic nitrogens is 2. The minimum atomic E-state index is 0.687. The molecular weight excluding hydrogens is 266 g/mol. The summed E-state index contributed by atoms with van der Waals surface area (Å²) >= 11 is 1.51. The van der Waals surface area contributed by atoms with Crippen LogP contribution in [-0.2, 0) is 0 Å². The topological polar surface area (TPSA) is 52.5 Å². The second-order valence-corrected chi connectivity index (χ2v) is 5.73. The monoisotopic (exact) mass is 279 g/mol.